The van der Waals surface area contributed by atoms with E-state index >= 15 is 0 Å². The van der Waals surface area contributed by atoms with Gasteiger partial charge in [0.1, 0.15) is 0 Å². The molecule has 0 aliphatic rings. The van der Waals surface area contributed by atoms with Crippen LogP contribution in [-0.2, 0) is 17.0 Å². The van der Waals surface area contributed by atoms with E-state index < -0.39 is 44.5 Å². The quantitative estimate of drug-likeness (QED) is 0.431. The van der Waals surface area contributed by atoms with Gasteiger partial charge in [0.25, 0.3) is 0 Å². The maximum atomic E-state index is 3.19. The first-order valence-electron chi connectivity index (χ1n) is 7.55. The van der Waals surface area contributed by atoms with Crippen molar-refractivity contribution in [2.75, 3.05) is 0 Å². The minimum atomic E-state index is -1.26. The second kappa shape index (κ2) is 6.87. The summed E-state index contributed by atoms with van der Waals surface area (Å²) in [6.45, 7) is 30.9. The molecule has 0 bridgehead atoms. The van der Waals surface area contributed by atoms with Gasteiger partial charge in [-0.3, -0.25) is 0 Å². The molecular weight excluding hydrogens is 541 g/mol. The summed E-state index contributed by atoms with van der Waals surface area (Å²) in [7, 11) is -4.85. The summed E-state index contributed by atoms with van der Waals surface area (Å²) in [5.74, 6) is 0. The molecule has 0 aromatic rings. The molecule has 0 spiro atoms. The Labute approximate surface area is 145 Å². The number of nitrogens with zero attached hydrogens (tertiary/aromatic N) is 2. The van der Waals surface area contributed by atoms with Gasteiger partial charge in [0.2, 0.25) is 0 Å². The predicted molar refractivity (Wildman–Crippen MR) is 103 cm³/mol. The monoisotopic (exact) mass is 578 g/mol. The Morgan fingerprint density at radius 1 is 0.500 bits per heavy atom. The molecule has 0 aliphatic carbocycles. The van der Waals surface area contributed by atoms with Crippen molar-refractivity contribution in [2.24, 2.45) is 0 Å². The molecule has 0 unspecified atom stereocenters. The van der Waals surface area contributed by atoms with E-state index in [1.807, 2.05) is 17.0 Å². The molecule has 0 fully saturated rings. The molecule has 0 radical (unpaired) electrons. The van der Waals surface area contributed by atoms with E-state index in [0.29, 0.717) is 0 Å². The van der Waals surface area contributed by atoms with Gasteiger partial charge >= 0.3 is 146 Å². The molecule has 0 saturated carbocycles. The van der Waals surface area contributed by atoms with Gasteiger partial charge in [-0.15, -0.1) is 0 Å². The summed E-state index contributed by atoms with van der Waals surface area (Å²) in [6, 6.07) is 0. The normalized spacial score (nSPS) is 15.1. The summed E-state index contributed by atoms with van der Waals surface area (Å²) in [6.07, 6.45) is 0. The third-order valence-corrected chi connectivity index (χ3v) is 59.4. The van der Waals surface area contributed by atoms with E-state index in [9.17, 15) is 0 Å². The SMILES string of the molecule is C[Si](C)(C)[N]([Ge](=[W])[N]([Si](C)(C)C)[Si](C)(C)C)[Si](C)(C)C. The summed E-state index contributed by atoms with van der Waals surface area (Å²) >= 11 is 0.663. The zero-order valence-electron chi connectivity index (χ0n) is 15.8. The molecule has 0 rings (SSSR count). The van der Waals surface area contributed by atoms with Crippen molar-refractivity contribution < 1.29 is 17.0 Å². The fraction of sp³-hybridized carbons (Fsp3) is 1.00. The van der Waals surface area contributed by atoms with Gasteiger partial charge < -0.3 is 0 Å². The van der Waals surface area contributed by atoms with Crippen molar-refractivity contribution in [1.82, 2.24) is 6.38 Å². The summed E-state index contributed by atoms with van der Waals surface area (Å²) < 4.78 is 6.37. The molecule has 0 amide bonds. The zero-order valence-corrected chi connectivity index (χ0v) is 24.8. The number of rotatable bonds is 6. The molecule has 0 aliphatic heterocycles. The molecule has 0 aromatic heterocycles. The molecule has 120 valence electrons. The third-order valence-electron chi connectivity index (χ3n) is 3.07. The van der Waals surface area contributed by atoms with Gasteiger partial charge in [0.15, 0.2) is 0 Å². The van der Waals surface area contributed by atoms with Crippen LogP contribution < -0.4 is 0 Å². The van der Waals surface area contributed by atoms with Crippen LogP contribution in [0.25, 0.3) is 0 Å². The Kier molecular flexibility index (Phi) is 7.56. The fourth-order valence-electron chi connectivity index (χ4n) is 3.26. The van der Waals surface area contributed by atoms with E-state index in [0.717, 1.165) is 0 Å². The predicted octanol–water partition coefficient (Wildman–Crippen LogP) is 4.46. The van der Waals surface area contributed by atoms with Crippen molar-refractivity contribution in [3.63, 3.8) is 0 Å². The Morgan fingerprint density at radius 2 is 0.650 bits per heavy atom. The number of hydrogen-bond donors (Lipinski definition) is 0. The van der Waals surface area contributed by atoms with Gasteiger partial charge in [0, 0.05) is 0 Å². The first-order valence-corrected chi connectivity index (χ1v) is 31.7. The van der Waals surface area contributed by atoms with E-state index in [2.05, 4.69) is 84.9 Å². The molecule has 0 saturated heterocycles. The van der Waals surface area contributed by atoms with Crippen molar-refractivity contribution in [1.29, 1.82) is 0 Å². The van der Waals surface area contributed by atoms with Gasteiger partial charge in [-0.25, -0.2) is 0 Å². The van der Waals surface area contributed by atoms with Crippen molar-refractivity contribution in [3.05, 3.63) is 0 Å². The molecule has 20 heavy (non-hydrogen) atoms. The van der Waals surface area contributed by atoms with Crippen molar-refractivity contribution >= 4 is 44.5 Å². The Balaban J connectivity index is 5.89. The molecule has 0 atom stereocenters. The molecule has 0 N–H and O–H groups in total. The zero-order chi connectivity index (χ0) is 16.7. The molecule has 0 aromatic carbocycles. The van der Waals surface area contributed by atoms with E-state index in [-0.39, 0.29) is 0 Å². The first-order chi connectivity index (χ1) is 8.40. The van der Waals surface area contributed by atoms with E-state index in [1.54, 1.807) is 0 Å². The second-order valence-electron chi connectivity index (χ2n) is 9.64. The van der Waals surface area contributed by atoms with Crippen LogP contribution in [-0.4, -0.2) is 50.9 Å². The van der Waals surface area contributed by atoms with Gasteiger partial charge in [-0.05, 0) is 0 Å². The van der Waals surface area contributed by atoms with E-state index in [4.69, 9.17) is 0 Å². The van der Waals surface area contributed by atoms with Crippen LogP contribution in [0.4, 0.5) is 0 Å². The summed E-state index contributed by atoms with van der Waals surface area (Å²) in [5, 5.41) is 0. The van der Waals surface area contributed by atoms with Crippen LogP contribution >= 0.6 is 0 Å². The van der Waals surface area contributed by atoms with E-state index in [1.165, 1.54) is 0 Å². The van der Waals surface area contributed by atoms with Gasteiger partial charge in [-0.1, -0.05) is 0 Å². The average Bonchev–Trinajstić information content (AvgIpc) is 1.88. The Morgan fingerprint density at radius 3 is 0.750 bits per heavy atom. The molecule has 2 nitrogen and oxygen atoms in total. The van der Waals surface area contributed by atoms with Crippen LogP contribution in [0.1, 0.15) is 0 Å². The van der Waals surface area contributed by atoms with Crippen LogP contribution in [0.2, 0.25) is 78.6 Å². The Bertz CT molecular complexity index is 302. The molecular formula is C12H36GeN2Si4W. The Hall–Kier alpha value is 2.02. The first kappa shape index (κ1) is 22.0. The maximum absolute atomic E-state index is 3.19. The van der Waals surface area contributed by atoms with Crippen LogP contribution in [0.5, 0.6) is 0 Å². The van der Waals surface area contributed by atoms with Gasteiger partial charge in [0.05, 0.1) is 0 Å². The third kappa shape index (κ3) is 6.26. The fourth-order valence-corrected chi connectivity index (χ4v) is 102. The van der Waals surface area contributed by atoms with Crippen LogP contribution in [0, 0.1) is 0 Å². The molecule has 0 heterocycles. The topological polar surface area (TPSA) is 6.48 Å². The van der Waals surface area contributed by atoms with Crippen LogP contribution in [0.3, 0.4) is 0 Å². The summed E-state index contributed by atoms with van der Waals surface area (Å²) in [5.41, 5.74) is 0. The van der Waals surface area contributed by atoms with Crippen LogP contribution in [0.15, 0.2) is 0 Å². The molecule has 8 heteroatoms. The van der Waals surface area contributed by atoms with Crippen molar-refractivity contribution in [2.45, 2.75) is 78.6 Å². The number of hydrogen-bond acceptors (Lipinski definition) is 2. The summed E-state index contributed by atoms with van der Waals surface area (Å²) in [4.78, 5) is 0. The van der Waals surface area contributed by atoms with Crippen molar-refractivity contribution in [3.8, 4) is 0 Å². The average molecular weight is 577 g/mol. The standard InChI is InChI=1S/C12H36GeN2Si4.W/c1-16(2,3)14(17(4,5)6)13-15(18(7,8)9)19(10,11)12;/h1-12H3;. The second-order valence-corrected chi connectivity index (χ2v) is 43.3. The van der Waals surface area contributed by atoms with Gasteiger partial charge in [-0.2, -0.15) is 0 Å². The minimum absolute atomic E-state index is 1.21.